The van der Waals surface area contributed by atoms with E-state index in [2.05, 4.69) is 4.99 Å². The van der Waals surface area contributed by atoms with Crippen LogP contribution in [0.4, 0.5) is 0 Å². The molecule has 0 atom stereocenters. The van der Waals surface area contributed by atoms with Gasteiger partial charge >= 0.3 is 0 Å². The highest BCUT2D eigenvalue weighted by Crippen LogP contribution is 2.06. The molecule has 0 aliphatic rings. The molecule has 3 aromatic rings. The van der Waals surface area contributed by atoms with E-state index in [4.69, 9.17) is 5.26 Å². The Bertz CT molecular complexity index is 932. The molecule has 1 aromatic heterocycles. The van der Waals surface area contributed by atoms with Crippen LogP contribution in [0.3, 0.4) is 0 Å². The molecule has 0 saturated carbocycles. The van der Waals surface area contributed by atoms with Gasteiger partial charge in [0.15, 0.2) is 4.80 Å². The third kappa shape index (κ3) is 3.62. The van der Waals surface area contributed by atoms with Gasteiger partial charge in [-0.25, -0.2) is 0 Å². The van der Waals surface area contributed by atoms with Crippen LogP contribution in [0.25, 0.3) is 0 Å². The summed E-state index contributed by atoms with van der Waals surface area (Å²) in [6.45, 7) is 0.661. The van der Waals surface area contributed by atoms with Crippen LogP contribution < -0.4 is 4.80 Å². The molecule has 0 aliphatic heterocycles. The van der Waals surface area contributed by atoms with Gasteiger partial charge in [-0.05, 0) is 23.8 Å². The smallest absolute Gasteiger partial charge is 0.279 e. The summed E-state index contributed by atoms with van der Waals surface area (Å²) in [7, 11) is 0. The molecule has 3 rings (SSSR count). The van der Waals surface area contributed by atoms with E-state index < -0.39 is 0 Å². The lowest BCUT2D eigenvalue weighted by molar-refractivity contribution is 0.0997. The van der Waals surface area contributed by atoms with Crippen molar-refractivity contribution in [1.29, 1.82) is 5.26 Å². The van der Waals surface area contributed by atoms with Gasteiger partial charge in [0.1, 0.15) is 0 Å². The Hall–Kier alpha value is -2.97. The van der Waals surface area contributed by atoms with Gasteiger partial charge in [0.05, 0.1) is 11.6 Å². The lowest BCUT2D eigenvalue weighted by Gasteiger charge is -2.02. The SMILES string of the molecule is N#Cc1cccc(C(=O)N=c2sccn2Cc2ccccc2)c1. The summed E-state index contributed by atoms with van der Waals surface area (Å²) in [6.07, 6.45) is 1.91. The fourth-order valence-electron chi connectivity index (χ4n) is 2.16. The molecule has 0 bridgehead atoms. The van der Waals surface area contributed by atoms with E-state index in [0.29, 0.717) is 22.5 Å². The fourth-order valence-corrected chi connectivity index (χ4v) is 2.89. The second-order valence-corrected chi connectivity index (χ2v) is 5.78. The third-order valence-corrected chi connectivity index (χ3v) is 4.09. The van der Waals surface area contributed by atoms with Crippen LogP contribution in [0.1, 0.15) is 21.5 Å². The van der Waals surface area contributed by atoms with Gasteiger partial charge in [0.2, 0.25) is 0 Å². The van der Waals surface area contributed by atoms with Gasteiger partial charge in [-0.3, -0.25) is 4.79 Å². The first-order chi connectivity index (χ1) is 11.3. The second kappa shape index (κ2) is 6.86. The number of nitriles is 1. The number of thiazole rings is 1. The molecule has 1 heterocycles. The lowest BCUT2D eigenvalue weighted by Crippen LogP contribution is -2.17. The molecule has 0 radical (unpaired) electrons. The first-order valence-electron chi connectivity index (χ1n) is 7.03. The van der Waals surface area contributed by atoms with Crippen LogP contribution in [0.15, 0.2) is 71.2 Å². The zero-order valence-corrected chi connectivity index (χ0v) is 13.0. The minimum Gasteiger partial charge on any atom is -0.319 e. The Morgan fingerprint density at radius 3 is 2.78 bits per heavy atom. The minimum atomic E-state index is -0.341. The van der Waals surface area contributed by atoms with Crippen molar-refractivity contribution in [2.45, 2.75) is 6.54 Å². The molecule has 0 unspecified atom stereocenters. The van der Waals surface area contributed by atoms with Gasteiger partial charge in [-0.2, -0.15) is 10.3 Å². The largest absolute Gasteiger partial charge is 0.319 e. The van der Waals surface area contributed by atoms with Crippen LogP contribution in [0.5, 0.6) is 0 Å². The molecule has 0 fully saturated rings. The average Bonchev–Trinajstić information content (AvgIpc) is 3.02. The molecule has 112 valence electrons. The quantitative estimate of drug-likeness (QED) is 0.744. The average molecular weight is 319 g/mol. The Morgan fingerprint density at radius 2 is 2.00 bits per heavy atom. The standard InChI is InChI=1S/C18H13N3OS/c19-12-15-7-4-8-16(11-15)17(22)20-18-21(9-10-23-18)13-14-5-2-1-3-6-14/h1-11H,13H2. The van der Waals surface area contributed by atoms with Crippen molar-refractivity contribution in [1.82, 2.24) is 4.57 Å². The summed E-state index contributed by atoms with van der Waals surface area (Å²) in [5, 5.41) is 10.8. The van der Waals surface area contributed by atoms with Gasteiger partial charge in [-0.15, -0.1) is 11.3 Å². The number of rotatable bonds is 3. The van der Waals surface area contributed by atoms with Crippen LogP contribution >= 0.6 is 11.3 Å². The number of benzene rings is 2. The van der Waals surface area contributed by atoms with E-state index in [1.54, 1.807) is 24.3 Å². The predicted molar refractivity (Wildman–Crippen MR) is 88.9 cm³/mol. The van der Waals surface area contributed by atoms with Crippen LogP contribution in [0, 0.1) is 11.3 Å². The Morgan fingerprint density at radius 1 is 1.17 bits per heavy atom. The second-order valence-electron chi connectivity index (χ2n) is 4.91. The van der Waals surface area contributed by atoms with Crippen molar-refractivity contribution in [2.24, 2.45) is 4.99 Å². The maximum atomic E-state index is 12.3. The van der Waals surface area contributed by atoms with E-state index in [0.717, 1.165) is 5.56 Å². The molecule has 2 aromatic carbocycles. The zero-order chi connectivity index (χ0) is 16.1. The van der Waals surface area contributed by atoms with Crippen LogP contribution in [-0.2, 0) is 6.54 Å². The van der Waals surface area contributed by atoms with Crippen LogP contribution in [0.2, 0.25) is 0 Å². The van der Waals surface area contributed by atoms with E-state index in [1.807, 2.05) is 52.5 Å². The highest BCUT2D eigenvalue weighted by Gasteiger charge is 2.06. The molecular weight excluding hydrogens is 306 g/mol. The van der Waals surface area contributed by atoms with Crippen molar-refractivity contribution in [3.8, 4) is 6.07 Å². The van der Waals surface area contributed by atoms with Crippen molar-refractivity contribution >= 4 is 17.2 Å². The van der Waals surface area contributed by atoms with Crippen molar-refractivity contribution in [3.63, 3.8) is 0 Å². The molecule has 0 N–H and O–H groups in total. The summed E-state index contributed by atoms with van der Waals surface area (Å²) in [5.41, 5.74) is 2.02. The summed E-state index contributed by atoms with van der Waals surface area (Å²) in [5.74, 6) is -0.341. The van der Waals surface area contributed by atoms with Gasteiger partial charge in [-0.1, -0.05) is 36.4 Å². The summed E-state index contributed by atoms with van der Waals surface area (Å²) >= 11 is 1.41. The summed E-state index contributed by atoms with van der Waals surface area (Å²) in [6, 6.07) is 18.6. The van der Waals surface area contributed by atoms with E-state index >= 15 is 0 Å². The number of aromatic nitrogens is 1. The number of hydrogen-bond donors (Lipinski definition) is 0. The lowest BCUT2D eigenvalue weighted by atomic mass is 10.1. The molecule has 4 nitrogen and oxygen atoms in total. The number of hydrogen-bond acceptors (Lipinski definition) is 3. The number of carbonyl (C=O) groups is 1. The number of carbonyl (C=O) groups excluding carboxylic acids is 1. The highest BCUT2D eigenvalue weighted by atomic mass is 32.1. The van der Waals surface area contributed by atoms with E-state index in [1.165, 1.54) is 11.3 Å². The van der Waals surface area contributed by atoms with E-state index in [9.17, 15) is 4.79 Å². The first kappa shape index (κ1) is 14.9. The third-order valence-electron chi connectivity index (χ3n) is 3.29. The van der Waals surface area contributed by atoms with Gasteiger partial charge < -0.3 is 4.57 Å². The molecule has 0 spiro atoms. The maximum Gasteiger partial charge on any atom is 0.279 e. The summed E-state index contributed by atoms with van der Waals surface area (Å²) < 4.78 is 1.94. The Balaban J connectivity index is 1.90. The molecule has 5 heteroatoms. The normalized spacial score (nSPS) is 11.2. The Labute approximate surface area is 137 Å². The van der Waals surface area contributed by atoms with E-state index in [-0.39, 0.29) is 5.91 Å². The molecule has 0 aliphatic carbocycles. The monoisotopic (exact) mass is 319 g/mol. The van der Waals surface area contributed by atoms with Crippen molar-refractivity contribution in [2.75, 3.05) is 0 Å². The first-order valence-corrected chi connectivity index (χ1v) is 7.91. The van der Waals surface area contributed by atoms with Crippen molar-refractivity contribution < 1.29 is 4.79 Å². The molecular formula is C18H13N3OS. The number of nitrogens with zero attached hydrogens (tertiary/aromatic N) is 3. The fraction of sp³-hybridized carbons (Fsp3) is 0.0556. The molecule has 1 amide bonds. The highest BCUT2D eigenvalue weighted by molar-refractivity contribution is 7.07. The summed E-state index contributed by atoms with van der Waals surface area (Å²) in [4.78, 5) is 17.1. The number of amides is 1. The van der Waals surface area contributed by atoms with Gasteiger partial charge in [0.25, 0.3) is 5.91 Å². The topological polar surface area (TPSA) is 58.1 Å². The van der Waals surface area contributed by atoms with Crippen LogP contribution in [-0.4, -0.2) is 10.5 Å². The minimum absolute atomic E-state index is 0.341. The molecule has 23 heavy (non-hydrogen) atoms. The molecule has 0 saturated heterocycles. The predicted octanol–water partition coefficient (Wildman–Crippen LogP) is 3.21. The van der Waals surface area contributed by atoms with Gasteiger partial charge in [0, 0.05) is 23.7 Å². The Kier molecular flexibility index (Phi) is 4.46. The van der Waals surface area contributed by atoms with Crippen molar-refractivity contribution in [3.05, 3.63) is 87.7 Å². The maximum absolute atomic E-state index is 12.3. The zero-order valence-electron chi connectivity index (χ0n) is 12.2.